The second kappa shape index (κ2) is 6.88. The van der Waals surface area contributed by atoms with Crippen LogP contribution in [0.2, 0.25) is 0 Å². The van der Waals surface area contributed by atoms with Gasteiger partial charge in [0.15, 0.2) is 0 Å². The molecule has 1 amide bonds. The summed E-state index contributed by atoms with van der Waals surface area (Å²) in [6.07, 6.45) is 0. The number of carbonyl (C=O) groups is 1. The molecular formula is C16H17FN2O4S. The molecule has 0 aliphatic rings. The lowest BCUT2D eigenvalue weighted by Gasteiger charge is -2.14. The Bertz CT molecular complexity index is 882. The van der Waals surface area contributed by atoms with Crippen molar-refractivity contribution in [2.75, 3.05) is 17.1 Å². The number of aryl methyl sites for hydroxylation is 1. The molecule has 6 nitrogen and oxygen atoms in total. The predicted molar refractivity (Wildman–Crippen MR) is 89.2 cm³/mol. The van der Waals surface area contributed by atoms with Gasteiger partial charge in [-0.1, -0.05) is 0 Å². The molecule has 2 rings (SSSR count). The Balaban J connectivity index is 2.42. The van der Waals surface area contributed by atoms with Crippen LogP contribution in [-0.2, 0) is 14.8 Å². The van der Waals surface area contributed by atoms with Gasteiger partial charge in [0.25, 0.3) is 10.0 Å². The molecule has 0 aliphatic carbocycles. The van der Waals surface area contributed by atoms with Crippen LogP contribution in [0.4, 0.5) is 15.8 Å². The Morgan fingerprint density at radius 1 is 1.12 bits per heavy atom. The second-order valence-electron chi connectivity index (χ2n) is 5.11. The number of rotatable bonds is 5. The Labute approximate surface area is 139 Å². The summed E-state index contributed by atoms with van der Waals surface area (Å²) in [5.74, 6) is -0.507. The van der Waals surface area contributed by atoms with Gasteiger partial charge in [-0.05, 0) is 42.8 Å². The van der Waals surface area contributed by atoms with Crippen LogP contribution in [0.15, 0.2) is 41.3 Å². The maximum absolute atomic E-state index is 13.5. The zero-order chi connectivity index (χ0) is 17.9. The van der Waals surface area contributed by atoms with E-state index in [0.29, 0.717) is 11.3 Å². The number of nitrogens with one attached hydrogen (secondary N) is 2. The number of anilines is 2. The minimum absolute atomic E-state index is 0.0290. The van der Waals surface area contributed by atoms with E-state index in [0.717, 1.165) is 12.1 Å². The molecule has 0 aromatic heterocycles. The van der Waals surface area contributed by atoms with Gasteiger partial charge in [-0.2, -0.15) is 0 Å². The van der Waals surface area contributed by atoms with Crippen LogP contribution in [0.3, 0.4) is 0 Å². The van der Waals surface area contributed by atoms with Crippen LogP contribution in [0.5, 0.6) is 5.75 Å². The summed E-state index contributed by atoms with van der Waals surface area (Å²) >= 11 is 0. The highest BCUT2D eigenvalue weighted by molar-refractivity contribution is 7.92. The minimum Gasteiger partial charge on any atom is -0.497 e. The third-order valence-corrected chi connectivity index (χ3v) is 4.73. The average Bonchev–Trinajstić information content (AvgIpc) is 2.48. The van der Waals surface area contributed by atoms with E-state index in [1.807, 2.05) is 0 Å². The monoisotopic (exact) mass is 352 g/mol. The fourth-order valence-electron chi connectivity index (χ4n) is 2.15. The molecule has 2 N–H and O–H groups in total. The molecule has 0 saturated carbocycles. The lowest BCUT2D eigenvalue weighted by atomic mass is 10.2. The number of hydrogen-bond acceptors (Lipinski definition) is 4. The SMILES string of the molecule is COc1ccc(S(=O)(=O)Nc2cc(F)ccc2NC(C)=O)c(C)c1. The molecule has 8 heteroatoms. The Hall–Kier alpha value is -2.61. The number of amides is 1. The predicted octanol–water partition coefficient (Wildman–Crippen LogP) is 2.90. The van der Waals surface area contributed by atoms with E-state index >= 15 is 0 Å². The highest BCUT2D eigenvalue weighted by Gasteiger charge is 2.19. The zero-order valence-corrected chi connectivity index (χ0v) is 14.2. The fraction of sp³-hybridized carbons (Fsp3) is 0.188. The normalized spacial score (nSPS) is 11.0. The number of benzene rings is 2. The van der Waals surface area contributed by atoms with Crippen molar-refractivity contribution in [3.8, 4) is 5.75 Å². The fourth-order valence-corrected chi connectivity index (χ4v) is 3.45. The number of carbonyl (C=O) groups excluding carboxylic acids is 1. The van der Waals surface area contributed by atoms with Gasteiger partial charge in [-0.25, -0.2) is 12.8 Å². The lowest BCUT2D eigenvalue weighted by Crippen LogP contribution is -2.17. The Kier molecular flexibility index (Phi) is 5.08. The van der Waals surface area contributed by atoms with Crippen molar-refractivity contribution in [1.29, 1.82) is 0 Å². The van der Waals surface area contributed by atoms with Gasteiger partial charge < -0.3 is 10.1 Å². The second-order valence-corrected chi connectivity index (χ2v) is 6.76. The summed E-state index contributed by atoms with van der Waals surface area (Å²) in [5, 5.41) is 2.45. The molecule has 0 saturated heterocycles. The van der Waals surface area contributed by atoms with Gasteiger partial charge in [-0.3, -0.25) is 9.52 Å². The minimum atomic E-state index is -3.97. The summed E-state index contributed by atoms with van der Waals surface area (Å²) in [6, 6.07) is 7.91. The van der Waals surface area contributed by atoms with Crippen molar-refractivity contribution in [1.82, 2.24) is 0 Å². The molecule has 0 bridgehead atoms. The number of sulfonamides is 1. The molecule has 2 aromatic carbocycles. The molecule has 0 atom stereocenters. The first kappa shape index (κ1) is 17.7. The standard InChI is InChI=1S/C16H17FN2O4S/c1-10-8-13(23-3)5-7-16(10)24(21,22)19-15-9-12(17)4-6-14(15)18-11(2)20/h4-9,19H,1-3H3,(H,18,20). The van der Waals surface area contributed by atoms with E-state index in [1.54, 1.807) is 13.0 Å². The van der Waals surface area contributed by atoms with Crippen molar-refractivity contribution in [3.63, 3.8) is 0 Å². The van der Waals surface area contributed by atoms with Crippen LogP contribution in [0.1, 0.15) is 12.5 Å². The highest BCUT2D eigenvalue weighted by atomic mass is 32.2. The Morgan fingerprint density at radius 3 is 2.42 bits per heavy atom. The third-order valence-electron chi connectivity index (χ3n) is 3.21. The molecule has 0 fully saturated rings. The number of ether oxygens (including phenoxy) is 1. The van der Waals surface area contributed by atoms with Crippen LogP contribution in [-0.4, -0.2) is 21.4 Å². The van der Waals surface area contributed by atoms with E-state index in [1.165, 1.54) is 32.2 Å². The van der Waals surface area contributed by atoms with Gasteiger partial charge in [0.1, 0.15) is 11.6 Å². The van der Waals surface area contributed by atoms with Crippen LogP contribution < -0.4 is 14.8 Å². The topological polar surface area (TPSA) is 84.5 Å². The van der Waals surface area contributed by atoms with Crippen LogP contribution in [0, 0.1) is 12.7 Å². The van der Waals surface area contributed by atoms with Gasteiger partial charge >= 0.3 is 0 Å². The molecule has 128 valence electrons. The molecular weight excluding hydrogens is 335 g/mol. The van der Waals surface area contributed by atoms with E-state index in [9.17, 15) is 17.6 Å². The lowest BCUT2D eigenvalue weighted by molar-refractivity contribution is -0.114. The number of halogens is 1. The molecule has 2 aromatic rings. The van der Waals surface area contributed by atoms with Gasteiger partial charge in [0.2, 0.25) is 5.91 Å². The van der Waals surface area contributed by atoms with Crippen LogP contribution in [0.25, 0.3) is 0 Å². The van der Waals surface area contributed by atoms with Crippen molar-refractivity contribution < 1.29 is 22.3 Å². The van der Waals surface area contributed by atoms with Gasteiger partial charge in [-0.15, -0.1) is 0 Å². The summed E-state index contributed by atoms with van der Waals surface area (Å²) in [4.78, 5) is 11.2. The smallest absolute Gasteiger partial charge is 0.262 e. The molecule has 0 unspecified atom stereocenters. The van der Waals surface area contributed by atoms with E-state index in [2.05, 4.69) is 10.0 Å². The first-order chi connectivity index (χ1) is 11.2. The highest BCUT2D eigenvalue weighted by Crippen LogP contribution is 2.28. The van der Waals surface area contributed by atoms with Crippen molar-refractivity contribution in [3.05, 3.63) is 47.8 Å². The van der Waals surface area contributed by atoms with E-state index in [-0.39, 0.29) is 16.3 Å². The molecule has 0 radical (unpaired) electrons. The van der Waals surface area contributed by atoms with Crippen molar-refractivity contribution in [2.45, 2.75) is 18.7 Å². The molecule has 0 heterocycles. The quantitative estimate of drug-likeness (QED) is 0.866. The van der Waals surface area contributed by atoms with E-state index < -0.39 is 21.7 Å². The molecule has 0 spiro atoms. The summed E-state index contributed by atoms with van der Waals surface area (Å²) in [6.45, 7) is 2.90. The van der Waals surface area contributed by atoms with Crippen molar-refractivity contribution >= 4 is 27.3 Å². The van der Waals surface area contributed by atoms with Gasteiger partial charge in [0, 0.05) is 13.0 Å². The maximum atomic E-state index is 13.5. The first-order valence-corrected chi connectivity index (χ1v) is 8.46. The van der Waals surface area contributed by atoms with Crippen molar-refractivity contribution in [2.24, 2.45) is 0 Å². The molecule has 0 aliphatic heterocycles. The largest absolute Gasteiger partial charge is 0.497 e. The number of hydrogen-bond donors (Lipinski definition) is 2. The summed E-state index contributed by atoms with van der Waals surface area (Å²) < 4.78 is 46.0. The van der Waals surface area contributed by atoms with Crippen LogP contribution >= 0.6 is 0 Å². The van der Waals surface area contributed by atoms with Gasteiger partial charge in [0.05, 0.1) is 23.4 Å². The summed E-state index contributed by atoms with van der Waals surface area (Å²) in [7, 11) is -2.49. The zero-order valence-electron chi connectivity index (χ0n) is 13.4. The van der Waals surface area contributed by atoms with E-state index in [4.69, 9.17) is 4.74 Å². The third kappa shape index (κ3) is 4.02. The summed E-state index contributed by atoms with van der Waals surface area (Å²) in [5.41, 5.74) is 0.582. The average molecular weight is 352 g/mol. The Morgan fingerprint density at radius 2 is 1.83 bits per heavy atom. The maximum Gasteiger partial charge on any atom is 0.262 e. The number of methoxy groups -OCH3 is 1. The first-order valence-electron chi connectivity index (χ1n) is 6.97. The molecule has 24 heavy (non-hydrogen) atoms.